The third-order valence-electron chi connectivity index (χ3n) is 3.77. The van der Waals surface area contributed by atoms with Gasteiger partial charge in [-0.2, -0.15) is 0 Å². The maximum Gasteiger partial charge on any atom is 0.329 e. The Bertz CT molecular complexity index is 723. The Kier molecular flexibility index (Phi) is 4.76. The fourth-order valence-corrected chi connectivity index (χ4v) is 3.69. The van der Waals surface area contributed by atoms with E-state index in [2.05, 4.69) is 10.0 Å². The molecule has 8 heteroatoms. The molecule has 0 unspecified atom stereocenters. The molecule has 1 fully saturated rings. The SMILES string of the molecule is CC(C)NS(=O)(=O)c1cccc(C(=O)NC2(C(=O)O)CCC2)c1. The minimum atomic E-state index is -3.71. The standard InChI is InChI=1S/C15H20N2O5S/c1-10(2)17-23(21,22)12-6-3-5-11(9-12)13(18)16-15(14(19)20)7-4-8-15/h3,5-6,9-10,17H,4,7-8H2,1-2H3,(H,16,18)(H,19,20). The average molecular weight is 340 g/mol. The zero-order valence-corrected chi connectivity index (χ0v) is 13.8. The molecular formula is C15H20N2O5S. The summed E-state index contributed by atoms with van der Waals surface area (Å²) in [4.78, 5) is 23.5. The number of aliphatic carboxylic acids is 1. The lowest BCUT2D eigenvalue weighted by molar-refractivity contribution is -0.148. The smallest absolute Gasteiger partial charge is 0.329 e. The number of hydrogen-bond acceptors (Lipinski definition) is 4. The van der Waals surface area contributed by atoms with E-state index in [0.717, 1.165) is 6.42 Å². The van der Waals surface area contributed by atoms with Gasteiger partial charge in [0.2, 0.25) is 10.0 Å². The van der Waals surface area contributed by atoms with Gasteiger partial charge in [-0.05, 0) is 51.3 Å². The van der Waals surface area contributed by atoms with E-state index in [0.29, 0.717) is 12.8 Å². The molecule has 1 aliphatic rings. The summed E-state index contributed by atoms with van der Waals surface area (Å²) in [5.74, 6) is -1.66. The van der Waals surface area contributed by atoms with Gasteiger partial charge in [0, 0.05) is 11.6 Å². The van der Waals surface area contributed by atoms with Crippen LogP contribution in [0.2, 0.25) is 0 Å². The lowest BCUT2D eigenvalue weighted by Crippen LogP contribution is -2.59. The summed E-state index contributed by atoms with van der Waals surface area (Å²) in [6, 6.07) is 5.27. The summed E-state index contributed by atoms with van der Waals surface area (Å²) in [7, 11) is -3.71. The monoisotopic (exact) mass is 340 g/mol. The number of carboxylic acid groups (broad SMARTS) is 1. The normalized spacial score (nSPS) is 16.7. The molecule has 0 heterocycles. The molecule has 0 atom stereocenters. The fourth-order valence-electron chi connectivity index (χ4n) is 2.39. The van der Waals surface area contributed by atoms with Crippen LogP contribution in [0, 0.1) is 0 Å². The van der Waals surface area contributed by atoms with Crippen molar-refractivity contribution >= 4 is 21.9 Å². The largest absolute Gasteiger partial charge is 0.480 e. The molecule has 1 saturated carbocycles. The molecular weight excluding hydrogens is 320 g/mol. The molecule has 126 valence electrons. The van der Waals surface area contributed by atoms with Crippen molar-refractivity contribution in [1.82, 2.24) is 10.0 Å². The van der Waals surface area contributed by atoms with E-state index in [1.165, 1.54) is 24.3 Å². The molecule has 3 N–H and O–H groups in total. The molecule has 1 amide bonds. The van der Waals surface area contributed by atoms with Gasteiger partial charge >= 0.3 is 5.97 Å². The van der Waals surface area contributed by atoms with Crippen molar-refractivity contribution in [2.24, 2.45) is 0 Å². The molecule has 0 radical (unpaired) electrons. The number of rotatable bonds is 6. The van der Waals surface area contributed by atoms with Gasteiger partial charge < -0.3 is 10.4 Å². The van der Waals surface area contributed by atoms with Crippen molar-refractivity contribution in [2.45, 2.75) is 49.6 Å². The second-order valence-corrected chi connectivity index (χ2v) is 7.71. The Hall–Kier alpha value is -1.93. The predicted octanol–water partition coefficient (Wildman–Crippen LogP) is 1.11. The van der Waals surface area contributed by atoms with Crippen molar-refractivity contribution in [2.75, 3.05) is 0 Å². The summed E-state index contributed by atoms with van der Waals surface area (Å²) in [6.45, 7) is 3.39. The molecule has 0 saturated heterocycles. The lowest BCUT2D eigenvalue weighted by Gasteiger charge is -2.38. The minimum absolute atomic E-state index is 0.0307. The van der Waals surface area contributed by atoms with Crippen LogP contribution in [-0.2, 0) is 14.8 Å². The minimum Gasteiger partial charge on any atom is -0.480 e. The van der Waals surface area contributed by atoms with E-state index in [1.54, 1.807) is 13.8 Å². The first-order valence-corrected chi connectivity index (χ1v) is 8.83. The number of hydrogen-bond donors (Lipinski definition) is 3. The van der Waals surface area contributed by atoms with Gasteiger partial charge in [0.05, 0.1) is 4.90 Å². The van der Waals surface area contributed by atoms with Gasteiger partial charge in [-0.25, -0.2) is 17.9 Å². The molecule has 1 aromatic rings. The van der Waals surface area contributed by atoms with Crippen molar-refractivity contribution in [3.63, 3.8) is 0 Å². The predicted molar refractivity (Wildman–Crippen MR) is 83.6 cm³/mol. The van der Waals surface area contributed by atoms with Gasteiger partial charge in [0.1, 0.15) is 5.54 Å². The first-order chi connectivity index (χ1) is 10.7. The average Bonchev–Trinajstić information content (AvgIpc) is 2.41. The van der Waals surface area contributed by atoms with E-state index in [-0.39, 0.29) is 16.5 Å². The third kappa shape index (κ3) is 3.70. The van der Waals surface area contributed by atoms with Crippen LogP contribution in [0.25, 0.3) is 0 Å². The van der Waals surface area contributed by atoms with Gasteiger partial charge in [-0.3, -0.25) is 4.79 Å². The number of sulfonamides is 1. The van der Waals surface area contributed by atoms with Crippen molar-refractivity contribution in [3.8, 4) is 0 Å². The summed E-state index contributed by atoms with van der Waals surface area (Å²) < 4.78 is 26.7. The number of amides is 1. The van der Waals surface area contributed by atoms with E-state index < -0.39 is 27.4 Å². The Morgan fingerprint density at radius 2 is 1.91 bits per heavy atom. The van der Waals surface area contributed by atoms with E-state index >= 15 is 0 Å². The number of benzene rings is 1. The fraction of sp³-hybridized carbons (Fsp3) is 0.467. The molecule has 0 spiro atoms. The summed E-state index contributed by atoms with van der Waals surface area (Å²) in [5, 5.41) is 11.8. The molecule has 0 aliphatic heterocycles. The second-order valence-electron chi connectivity index (χ2n) is 6.00. The van der Waals surface area contributed by atoms with E-state index in [9.17, 15) is 23.1 Å². The first-order valence-electron chi connectivity index (χ1n) is 7.35. The number of carboxylic acids is 1. The molecule has 1 aliphatic carbocycles. The van der Waals surface area contributed by atoms with Crippen LogP contribution >= 0.6 is 0 Å². The van der Waals surface area contributed by atoms with E-state index in [4.69, 9.17) is 0 Å². The van der Waals surface area contributed by atoms with Gasteiger partial charge in [-0.15, -0.1) is 0 Å². The van der Waals surface area contributed by atoms with Crippen molar-refractivity contribution in [3.05, 3.63) is 29.8 Å². The zero-order chi connectivity index (χ0) is 17.3. The Labute approximate surface area is 135 Å². The van der Waals surface area contributed by atoms with Crippen LogP contribution in [0.1, 0.15) is 43.5 Å². The third-order valence-corrected chi connectivity index (χ3v) is 5.42. The highest BCUT2D eigenvalue weighted by Gasteiger charge is 2.45. The van der Waals surface area contributed by atoms with Gasteiger partial charge in [0.25, 0.3) is 5.91 Å². The summed E-state index contributed by atoms with van der Waals surface area (Å²) in [5.41, 5.74) is -1.12. The summed E-state index contributed by atoms with van der Waals surface area (Å²) >= 11 is 0. The molecule has 2 rings (SSSR count). The molecule has 1 aromatic carbocycles. The van der Waals surface area contributed by atoms with Crippen LogP contribution in [0.5, 0.6) is 0 Å². The molecule has 7 nitrogen and oxygen atoms in total. The topological polar surface area (TPSA) is 113 Å². The Morgan fingerprint density at radius 3 is 2.39 bits per heavy atom. The van der Waals surface area contributed by atoms with E-state index in [1.807, 2.05) is 0 Å². The highest BCUT2D eigenvalue weighted by molar-refractivity contribution is 7.89. The van der Waals surface area contributed by atoms with Gasteiger partial charge in [0.15, 0.2) is 0 Å². The van der Waals surface area contributed by atoms with Crippen LogP contribution in [-0.4, -0.2) is 37.0 Å². The van der Waals surface area contributed by atoms with Crippen LogP contribution < -0.4 is 10.0 Å². The Morgan fingerprint density at radius 1 is 1.26 bits per heavy atom. The van der Waals surface area contributed by atoms with Crippen molar-refractivity contribution in [1.29, 1.82) is 0 Å². The second kappa shape index (κ2) is 6.29. The maximum atomic E-state index is 12.3. The molecule has 0 aromatic heterocycles. The Balaban J connectivity index is 2.23. The maximum absolute atomic E-state index is 12.3. The highest BCUT2D eigenvalue weighted by Crippen LogP contribution is 2.32. The number of carbonyl (C=O) groups is 2. The zero-order valence-electron chi connectivity index (χ0n) is 13.0. The van der Waals surface area contributed by atoms with Gasteiger partial charge in [-0.1, -0.05) is 6.07 Å². The lowest BCUT2D eigenvalue weighted by atomic mass is 9.76. The van der Waals surface area contributed by atoms with Crippen LogP contribution in [0.15, 0.2) is 29.2 Å². The van der Waals surface area contributed by atoms with Crippen LogP contribution in [0.3, 0.4) is 0 Å². The molecule has 0 bridgehead atoms. The first kappa shape index (κ1) is 17.4. The highest BCUT2D eigenvalue weighted by atomic mass is 32.2. The number of carbonyl (C=O) groups excluding carboxylic acids is 1. The summed E-state index contributed by atoms with van der Waals surface area (Å²) in [6.07, 6.45) is 1.49. The van der Waals surface area contributed by atoms with Crippen molar-refractivity contribution < 1.29 is 23.1 Å². The number of nitrogens with one attached hydrogen (secondary N) is 2. The quantitative estimate of drug-likeness (QED) is 0.718. The molecule has 23 heavy (non-hydrogen) atoms. The van der Waals surface area contributed by atoms with Crippen LogP contribution in [0.4, 0.5) is 0 Å².